The Balaban J connectivity index is 0.000000278. The first-order chi connectivity index (χ1) is 26.0. The van der Waals surface area contributed by atoms with Gasteiger partial charge in [-0.3, -0.25) is 0 Å². The Morgan fingerprint density at radius 1 is 0.444 bits per heavy atom. The molecule has 260 valence electrons. The number of para-hydroxylation sites is 1. The number of nitrogens with zero attached hydrogens (tertiary/aromatic N) is 1. The minimum Gasteiger partial charge on any atom is -0.378 e. The standard InChI is InChI=1S/C37H27NO.2C7H7.Ti/c39-37(25-26-13-4-1-5-14-26)33-24-11-20-29-19-10-23-32(34(29)33)36(37)38-35-30(27-15-6-2-7-16-27)21-12-22-31(35)28-17-8-3-9-18-28;2*1-7-5-3-2-4-6-7;/h1-24,39H,25H2;2*2-6H,1H2;/q;2*-1;+2. The second kappa shape index (κ2) is 17.8. The number of aliphatic hydroxyl groups is 1. The predicted octanol–water partition coefficient (Wildman–Crippen LogP) is 12.5. The molecule has 1 aliphatic carbocycles. The Morgan fingerprint density at radius 3 is 1.31 bits per heavy atom. The maximum absolute atomic E-state index is 12.7. The Morgan fingerprint density at radius 2 is 0.852 bits per heavy atom. The van der Waals surface area contributed by atoms with Gasteiger partial charge in [0, 0.05) is 23.1 Å². The molecule has 0 amide bonds. The van der Waals surface area contributed by atoms with Crippen LogP contribution in [0.15, 0.2) is 211 Å². The second-order valence-corrected chi connectivity index (χ2v) is 13.1. The average Bonchev–Trinajstić information content (AvgIpc) is 3.44. The van der Waals surface area contributed by atoms with Crippen LogP contribution in [0.4, 0.5) is 5.69 Å². The summed E-state index contributed by atoms with van der Waals surface area (Å²) in [6.07, 6.45) is 0.439. The molecule has 0 fully saturated rings. The summed E-state index contributed by atoms with van der Waals surface area (Å²) in [4.78, 5) is 5.47. The predicted molar refractivity (Wildman–Crippen MR) is 223 cm³/mol. The zero-order valence-corrected chi connectivity index (χ0v) is 31.7. The van der Waals surface area contributed by atoms with Crippen molar-refractivity contribution in [3.63, 3.8) is 0 Å². The molecule has 0 spiro atoms. The van der Waals surface area contributed by atoms with Gasteiger partial charge in [0.2, 0.25) is 0 Å². The van der Waals surface area contributed by atoms with Crippen LogP contribution in [0.1, 0.15) is 27.8 Å². The quantitative estimate of drug-likeness (QED) is 0.139. The van der Waals surface area contributed by atoms with Gasteiger partial charge in [-0.05, 0) is 33.0 Å². The zero-order chi connectivity index (χ0) is 36.5. The van der Waals surface area contributed by atoms with Crippen molar-refractivity contribution in [3.8, 4) is 22.3 Å². The molecular weight excluding hydrogens is 690 g/mol. The molecule has 8 aromatic rings. The van der Waals surface area contributed by atoms with E-state index in [4.69, 9.17) is 4.99 Å². The molecule has 1 aliphatic rings. The molecule has 1 atom stereocenters. The molecule has 0 radical (unpaired) electrons. The van der Waals surface area contributed by atoms with Crippen LogP contribution >= 0.6 is 0 Å². The second-order valence-electron chi connectivity index (χ2n) is 13.1. The van der Waals surface area contributed by atoms with Crippen LogP contribution in [0.5, 0.6) is 0 Å². The van der Waals surface area contributed by atoms with Crippen molar-refractivity contribution in [2.24, 2.45) is 4.99 Å². The van der Waals surface area contributed by atoms with Crippen LogP contribution in [0.25, 0.3) is 33.0 Å². The number of benzene rings is 8. The van der Waals surface area contributed by atoms with E-state index >= 15 is 0 Å². The summed E-state index contributed by atoms with van der Waals surface area (Å²) >= 11 is 0. The van der Waals surface area contributed by atoms with Gasteiger partial charge in [0.05, 0.1) is 11.4 Å². The van der Waals surface area contributed by atoms with E-state index in [0.29, 0.717) is 12.1 Å². The third kappa shape index (κ3) is 8.49. The Hall–Kier alpha value is -5.90. The molecule has 3 heteroatoms. The fraction of sp³-hybridized carbons (Fsp3) is 0.0392. The summed E-state index contributed by atoms with van der Waals surface area (Å²) < 4.78 is 0. The molecule has 0 aromatic heterocycles. The van der Waals surface area contributed by atoms with Crippen molar-refractivity contribution in [3.05, 3.63) is 248 Å². The number of hydrogen-bond acceptors (Lipinski definition) is 2. The van der Waals surface area contributed by atoms with Crippen LogP contribution in [0.2, 0.25) is 0 Å². The maximum atomic E-state index is 12.7. The third-order valence-electron chi connectivity index (χ3n) is 9.41. The fourth-order valence-corrected chi connectivity index (χ4v) is 6.89. The van der Waals surface area contributed by atoms with E-state index in [1.165, 1.54) is 0 Å². The third-order valence-corrected chi connectivity index (χ3v) is 9.41. The Labute approximate surface area is 334 Å². The molecule has 0 saturated carbocycles. The molecule has 0 heterocycles. The van der Waals surface area contributed by atoms with E-state index < -0.39 is 5.60 Å². The van der Waals surface area contributed by atoms with Crippen molar-refractivity contribution in [1.82, 2.24) is 0 Å². The molecular formula is C51H41NOTi. The molecule has 0 saturated heterocycles. The van der Waals surface area contributed by atoms with Gasteiger partial charge in [-0.25, -0.2) is 4.99 Å². The van der Waals surface area contributed by atoms with E-state index in [2.05, 4.69) is 123 Å². The molecule has 1 unspecified atom stereocenters. The Bertz CT molecular complexity index is 2330. The smallest absolute Gasteiger partial charge is 0.378 e. The minimum atomic E-state index is -1.28. The molecule has 0 aliphatic heterocycles. The normalized spacial score (nSPS) is 14.6. The molecule has 2 nitrogen and oxygen atoms in total. The first-order valence-electron chi connectivity index (χ1n) is 17.9. The maximum Gasteiger partial charge on any atom is 2.00 e. The van der Waals surface area contributed by atoms with Crippen molar-refractivity contribution >= 4 is 22.2 Å². The van der Waals surface area contributed by atoms with Crippen LogP contribution in [-0.2, 0) is 33.7 Å². The van der Waals surface area contributed by atoms with Crippen molar-refractivity contribution in [2.45, 2.75) is 12.0 Å². The van der Waals surface area contributed by atoms with E-state index in [1.54, 1.807) is 0 Å². The first kappa shape index (κ1) is 37.8. The number of hydrogen-bond donors (Lipinski definition) is 1. The molecule has 9 rings (SSSR count). The summed E-state index contributed by atoms with van der Waals surface area (Å²) in [7, 11) is 0. The Kier molecular flexibility index (Phi) is 12.4. The van der Waals surface area contributed by atoms with E-state index in [1.807, 2.05) is 97.1 Å². The number of rotatable bonds is 5. The van der Waals surface area contributed by atoms with Crippen molar-refractivity contribution in [2.75, 3.05) is 0 Å². The molecule has 8 aromatic carbocycles. The summed E-state index contributed by atoms with van der Waals surface area (Å²) in [6, 6.07) is 69.5. The van der Waals surface area contributed by atoms with Gasteiger partial charge in [0.1, 0.15) is 5.60 Å². The van der Waals surface area contributed by atoms with Gasteiger partial charge in [0.25, 0.3) is 0 Å². The minimum absolute atomic E-state index is 0. The zero-order valence-electron chi connectivity index (χ0n) is 30.1. The summed E-state index contributed by atoms with van der Waals surface area (Å²) in [5.74, 6) is 0. The van der Waals surface area contributed by atoms with Crippen LogP contribution < -0.4 is 0 Å². The van der Waals surface area contributed by atoms with Crippen molar-refractivity contribution in [1.29, 1.82) is 0 Å². The van der Waals surface area contributed by atoms with Gasteiger partial charge >= 0.3 is 21.7 Å². The van der Waals surface area contributed by atoms with Crippen LogP contribution in [0.3, 0.4) is 0 Å². The first-order valence-corrected chi connectivity index (χ1v) is 17.9. The molecule has 0 bridgehead atoms. The number of aliphatic imine (C=N–C) groups is 1. The fourth-order valence-electron chi connectivity index (χ4n) is 6.89. The summed E-state index contributed by atoms with van der Waals surface area (Å²) in [6.45, 7) is 7.44. The topological polar surface area (TPSA) is 32.6 Å². The van der Waals surface area contributed by atoms with Gasteiger partial charge in [0.15, 0.2) is 0 Å². The molecule has 1 N–H and O–H groups in total. The van der Waals surface area contributed by atoms with Crippen molar-refractivity contribution < 1.29 is 26.8 Å². The SMILES string of the molecule is OC1(Cc2ccccc2)C(=Nc2c(-c3ccccc3)cccc2-c2ccccc2)c2cccc3cccc1c23.[CH2-]c1ccccc1.[CH2-]c1ccccc1.[Ti+2]. The van der Waals surface area contributed by atoms with Gasteiger partial charge in [-0.2, -0.15) is 49.2 Å². The monoisotopic (exact) mass is 731 g/mol. The van der Waals surface area contributed by atoms with Gasteiger partial charge < -0.3 is 5.11 Å². The summed E-state index contributed by atoms with van der Waals surface area (Å²) in [5, 5.41) is 14.9. The van der Waals surface area contributed by atoms with E-state index in [0.717, 1.165) is 66.5 Å². The largest absolute Gasteiger partial charge is 2.00 e. The summed E-state index contributed by atoms with van der Waals surface area (Å²) in [5.41, 5.74) is 9.65. The van der Waals surface area contributed by atoms with E-state index in [-0.39, 0.29) is 21.7 Å². The van der Waals surface area contributed by atoms with E-state index in [9.17, 15) is 5.11 Å². The van der Waals surface area contributed by atoms with Gasteiger partial charge in [-0.15, -0.1) is 24.3 Å². The average molecular weight is 732 g/mol. The van der Waals surface area contributed by atoms with Crippen LogP contribution in [-0.4, -0.2) is 10.8 Å². The molecule has 54 heavy (non-hydrogen) atoms. The van der Waals surface area contributed by atoms with Gasteiger partial charge in [-0.1, -0.05) is 158 Å². The van der Waals surface area contributed by atoms with Crippen LogP contribution in [0, 0.1) is 13.8 Å².